The summed E-state index contributed by atoms with van der Waals surface area (Å²) in [4.78, 5) is 11.2. The summed E-state index contributed by atoms with van der Waals surface area (Å²) in [5.41, 5.74) is 9.10. The molecule has 0 aliphatic carbocycles. The first kappa shape index (κ1) is 14.9. The van der Waals surface area contributed by atoms with Crippen molar-refractivity contribution < 1.29 is 9.90 Å². The number of aryl methyl sites for hydroxylation is 1. The van der Waals surface area contributed by atoms with Gasteiger partial charge < -0.3 is 16.2 Å². The van der Waals surface area contributed by atoms with Gasteiger partial charge in [0.2, 0.25) is 0 Å². The molecule has 0 saturated heterocycles. The number of carboxylic acid groups (broad SMARTS) is 1. The first-order chi connectivity index (χ1) is 10.1. The van der Waals surface area contributed by atoms with Crippen LogP contribution >= 0.6 is 0 Å². The standard InChI is InChI=1S/C17H20N2O2/c1-2-3-4-12-5-8-14(9-6-12)19-16-11-13(18)7-10-15(16)17(20)21/h5-11,19H,2-4,18H2,1H3,(H,20,21). The number of hydrogen-bond acceptors (Lipinski definition) is 3. The Morgan fingerprint density at radius 2 is 1.90 bits per heavy atom. The van der Waals surface area contributed by atoms with Gasteiger partial charge in [0.05, 0.1) is 11.3 Å². The van der Waals surface area contributed by atoms with Crippen LogP contribution in [0.15, 0.2) is 42.5 Å². The summed E-state index contributed by atoms with van der Waals surface area (Å²) >= 11 is 0. The van der Waals surface area contributed by atoms with Crippen LogP contribution in [0.25, 0.3) is 0 Å². The molecule has 2 aromatic carbocycles. The van der Waals surface area contributed by atoms with Crippen LogP contribution in [0.4, 0.5) is 17.1 Å². The van der Waals surface area contributed by atoms with Crippen molar-refractivity contribution in [3.05, 3.63) is 53.6 Å². The van der Waals surface area contributed by atoms with E-state index in [9.17, 15) is 9.90 Å². The van der Waals surface area contributed by atoms with E-state index in [2.05, 4.69) is 24.4 Å². The summed E-state index contributed by atoms with van der Waals surface area (Å²) in [6, 6.07) is 12.8. The number of rotatable bonds is 6. The van der Waals surface area contributed by atoms with Gasteiger partial charge in [0.25, 0.3) is 0 Å². The average Bonchev–Trinajstić information content (AvgIpc) is 2.46. The first-order valence-electron chi connectivity index (χ1n) is 7.09. The molecule has 0 radical (unpaired) electrons. The van der Waals surface area contributed by atoms with E-state index in [1.165, 1.54) is 24.5 Å². The smallest absolute Gasteiger partial charge is 0.337 e. The fraction of sp³-hybridized carbons (Fsp3) is 0.235. The predicted molar refractivity (Wildman–Crippen MR) is 86.2 cm³/mol. The second-order valence-corrected chi connectivity index (χ2v) is 5.04. The van der Waals surface area contributed by atoms with Gasteiger partial charge in [-0.3, -0.25) is 0 Å². The lowest BCUT2D eigenvalue weighted by atomic mass is 10.1. The van der Waals surface area contributed by atoms with Crippen LogP contribution in [0, 0.1) is 0 Å². The largest absolute Gasteiger partial charge is 0.478 e. The summed E-state index contributed by atoms with van der Waals surface area (Å²) in [5, 5.41) is 12.3. The molecule has 0 bridgehead atoms. The summed E-state index contributed by atoms with van der Waals surface area (Å²) in [6.07, 6.45) is 3.41. The van der Waals surface area contributed by atoms with Gasteiger partial charge in [0.1, 0.15) is 0 Å². The Balaban J connectivity index is 2.18. The molecule has 4 N–H and O–H groups in total. The maximum atomic E-state index is 11.2. The Hall–Kier alpha value is -2.49. The Morgan fingerprint density at radius 3 is 2.52 bits per heavy atom. The number of aromatic carboxylic acids is 1. The van der Waals surface area contributed by atoms with E-state index in [1.807, 2.05) is 12.1 Å². The van der Waals surface area contributed by atoms with E-state index >= 15 is 0 Å². The topological polar surface area (TPSA) is 75.3 Å². The summed E-state index contributed by atoms with van der Waals surface area (Å²) in [6.45, 7) is 2.17. The fourth-order valence-corrected chi connectivity index (χ4v) is 2.14. The zero-order chi connectivity index (χ0) is 15.2. The van der Waals surface area contributed by atoms with E-state index in [1.54, 1.807) is 12.1 Å². The first-order valence-corrected chi connectivity index (χ1v) is 7.09. The molecule has 0 spiro atoms. The molecular formula is C17H20N2O2. The highest BCUT2D eigenvalue weighted by Crippen LogP contribution is 2.24. The van der Waals surface area contributed by atoms with Crippen molar-refractivity contribution in [3.63, 3.8) is 0 Å². The SMILES string of the molecule is CCCCc1ccc(Nc2cc(N)ccc2C(=O)O)cc1. The molecule has 0 saturated carbocycles. The zero-order valence-electron chi connectivity index (χ0n) is 12.1. The monoisotopic (exact) mass is 284 g/mol. The van der Waals surface area contributed by atoms with Crippen LogP contribution in [0.5, 0.6) is 0 Å². The number of anilines is 3. The third-order valence-corrected chi connectivity index (χ3v) is 3.33. The Morgan fingerprint density at radius 1 is 1.19 bits per heavy atom. The third kappa shape index (κ3) is 3.99. The Kier molecular flexibility index (Phi) is 4.82. The van der Waals surface area contributed by atoms with Crippen LogP contribution in [-0.2, 0) is 6.42 Å². The molecule has 21 heavy (non-hydrogen) atoms. The molecule has 0 aliphatic heterocycles. The van der Waals surface area contributed by atoms with Gasteiger partial charge >= 0.3 is 5.97 Å². The number of nitrogen functional groups attached to an aromatic ring is 1. The van der Waals surface area contributed by atoms with Crippen LogP contribution in [0.2, 0.25) is 0 Å². The molecule has 0 heterocycles. The summed E-state index contributed by atoms with van der Waals surface area (Å²) in [7, 11) is 0. The van der Waals surface area contributed by atoms with Crippen molar-refractivity contribution >= 4 is 23.0 Å². The second kappa shape index (κ2) is 6.79. The van der Waals surface area contributed by atoms with Crippen LogP contribution in [0.1, 0.15) is 35.7 Å². The minimum absolute atomic E-state index is 0.208. The molecule has 2 aromatic rings. The Labute approximate surface area is 124 Å². The third-order valence-electron chi connectivity index (χ3n) is 3.33. The Bertz CT molecular complexity index is 621. The quantitative estimate of drug-likeness (QED) is 0.699. The van der Waals surface area contributed by atoms with Crippen molar-refractivity contribution in [2.24, 2.45) is 0 Å². The number of nitrogens with one attached hydrogen (secondary N) is 1. The highest BCUT2D eigenvalue weighted by atomic mass is 16.4. The van der Waals surface area contributed by atoms with E-state index in [-0.39, 0.29) is 5.56 Å². The lowest BCUT2D eigenvalue weighted by Crippen LogP contribution is -2.03. The summed E-state index contributed by atoms with van der Waals surface area (Å²) in [5.74, 6) is -0.975. The van der Waals surface area contributed by atoms with Gasteiger partial charge in [-0.15, -0.1) is 0 Å². The maximum absolute atomic E-state index is 11.2. The predicted octanol–water partition coefficient (Wildman–Crippen LogP) is 4.05. The van der Waals surface area contributed by atoms with Gasteiger partial charge in [-0.05, 0) is 48.7 Å². The van der Waals surface area contributed by atoms with E-state index in [0.717, 1.165) is 12.1 Å². The maximum Gasteiger partial charge on any atom is 0.337 e. The van der Waals surface area contributed by atoms with Gasteiger partial charge in [-0.1, -0.05) is 25.5 Å². The molecule has 0 aliphatic rings. The fourth-order valence-electron chi connectivity index (χ4n) is 2.14. The minimum atomic E-state index is -0.975. The average molecular weight is 284 g/mol. The minimum Gasteiger partial charge on any atom is -0.478 e. The van der Waals surface area contributed by atoms with E-state index < -0.39 is 5.97 Å². The molecule has 110 valence electrons. The molecule has 4 nitrogen and oxygen atoms in total. The van der Waals surface area contributed by atoms with Crippen LogP contribution in [-0.4, -0.2) is 11.1 Å². The van der Waals surface area contributed by atoms with Crippen molar-refractivity contribution in [2.45, 2.75) is 26.2 Å². The van der Waals surface area contributed by atoms with Crippen molar-refractivity contribution in [3.8, 4) is 0 Å². The molecule has 0 atom stereocenters. The molecule has 0 unspecified atom stereocenters. The van der Waals surface area contributed by atoms with Gasteiger partial charge in [-0.25, -0.2) is 4.79 Å². The number of nitrogens with two attached hydrogens (primary N) is 1. The summed E-state index contributed by atoms with van der Waals surface area (Å²) < 4.78 is 0. The van der Waals surface area contributed by atoms with E-state index in [0.29, 0.717) is 11.4 Å². The highest BCUT2D eigenvalue weighted by Gasteiger charge is 2.10. The van der Waals surface area contributed by atoms with Gasteiger partial charge in [0.15, 0.2) is 0 Å². The number of carbonyl (C=O) groups is 1. The van der Waals surface area contributed by atoms with Crippen molar-refractivity contribution in [2.75, 3.05) is 11.1 Å². The number of carboxylic acids is 1. The number of unbranched alkanes of at least 4 members (excludes halogenated alkanes) is 1. The number of benzene rings is 2. The second-order valence-electron chi connectivity index (χ2n) is 5.04. The molecule has 0 fully saturated rings. The van der Waals surface area contributed by atoms with Gasteiger partial charge in [0, 0.05) is 11.4 Å². The van der Waals surface area contributed by atoms with Crippen molar-refractivity contribution in [1.82, 2.24) is 0 Å². The van der Waals surface area contributed by atoms with Crippen LogP contribution < -0.4 is 11.1 Å². The normalized spacial score (nSPS) is 10.3. The highest BCUT2D eigenvalue weighted by molar-refractivity contribution is 5.96. The van der Waals surface area contributed by atoms with E-state index in [4.69, 9.17) is 5.73 Å². The lowest BCUT2D eigenvalue weighted by molar-refractivity contribution is 0.0698. The zero-order valence-corrected chi connectivity index (χ0v) is 12.1. The molecule has 4 heteroatoms. The molecular weight excluding hydrogens is 264 g/mol. The molecule has 0 aromatic heterocycles. The van der Waals surface area contributed by atoms with Crippen LogP contribution in [0.3, 0.4) is 0 Å². The van der Waals surface area contributed by atoms with Gasteiger partial charge in [-0.2, -0.15) is 0 Å². The molecule has 2 rings (SSSR count). The molecule has 0 amide bonds. The van der Waals surface area contributed by atoms with Crippen molar-refractivity contribution in [1.29, 1.82) is 0 Å². The lowest BCUT2D eigenvalue weighted by Gasteiger charge is -2.11. The number of hydrogen-bond donors (Lipinski definition) is 3.